The fourth-order valence-corrected chi connectivity index (χ4v) is 1.14. The maximum atomic E-state index is 13.2. The maximum absolute atomic E-state index is 13.2. The fraction of sp³-hybridized carbons (Fsp3) is 0. The highest BCUT2D eigenvalue weighted by molar-refractivity contribution is 5.70. The van der Waals surface area contributed by atoms with Gasteiger partial charge in [-0.05, 0) is 0 Å². The van der Waals surface area contributed by atoms with Crippen molar-refractivity contribution in [3.05, 3.63) is 41.5 Å². The van der Waals surface area contributed by atoms with Gasteiger partial charge >= 0.3 is 0 Å². The van der Waals surface area contributed by atoms with Crippen molar-refractivity contribution in [3.8, 4) is 5.69 Å². The summed E-state index contributed by atoms with van der Waals surface area (Å²) in [5.74, 6) is -3.50. The van der Waals surface area contributed by atoms with Crippen molar-refractivity contribution in [2.45, 2.75) is 0 Å². The lowest BCUT2D eigenvalue weighted by atomic mass is 10.3. The molecule has 1 heterocycles. The molecule has 0 spiro atoms. The summed E-state index contributed by atoms with van der Waals surface area (Å²) in [5, 5.41) is 6.76. The Labute approximate surface area is 87.3 Å². The molecule has 0 bridgehead atoms. The smallest absolute Gasteiger partial charge is 0.171 e. The number of hydrogen-bond donors (Lipinski definition) is 0. The van der Waals surface area contributed by atoms with Crippen molar-refractivity contribution in [3.63, 3.8) is 0 Å². The highest BCUT2D eigenvalue weighted by Gasteiger charge is 2.12. The Morgan fingerprint density at radius 2 is 1.81 bits per heavy atom. The molecule has 4 nitrogen and oxygen atoms in total. The third-order valence-electron chi connectivity index (χ3n) is 1.87. The highest BCUT2D eigenvalue weighted by atomic mass is 19.2. The molecule has 0 fully saturated rings. The van der Waals surface area contributed by atoms with Crippen LogP contribution in [0.2, 0.25) is 0 Å². The van der Waals surface area contributed by atoms with E-state index in [0.29, 0.717) is 18.4 Å². The number of benzene rings is 1. The molecule has 1 aromatic heterocycles. The van der Waals surface area contributed by atoms with E-state index in [9.17, 15) is 18.0 Å². The average molecular weight is 227 g/mol. The van der Waals surface area contributed by atoms with Crippen LogP contribution in [0.5, 0.6) is 0 Å². The van der Waals surface area contributed by atoms with Gasteiger partial charge in [0.1, 0.15) is 11.4 Å². The maximum Gasteiger partial charge on any atom is 0.171 e. The van der Waals surface area contributed by atoms with Gasteiger partial charge in [-0.1, -0.05) is 5.21 Å². The molecule has 2 aromatic rings. The van der Waals surface area contributed by atoms with E-state index in [4.69, 9.17) is 0 Å². The van der Waals surface area contributed by atoms with E-state index >= 15 is 0 Å². The van der Waals surface area contributed by atoms with E-state index in [0.717, 1.165) is 10.9 Å². The first kappa shape index (κ1) is 10.3. The normalized spacial score (nSPS) is 10.4. The van der Waals surface area contributed by atoms with Gasteiger partial charge in [0.05, 0.1) is 6.20 Å². The number of rotatable bonds is 2. The Hall–Kier alpha value is -2.18. The van der Waals surface area contributed by atoms with Crippen molar-refractivity contribution in [1.82, 2.24) is 15.0 Å². The molecule has 1 aromatic carbocycles. The third-order valence-corrected chi connectivity index (χ3v) is 1.87. The minimum absolute atomic E-state index is 0.0378. The molecule has 0 saturated heterocycles. The average Bonchev–Trinajstić information content (AvgIpc) is 2.71. The van der Waals surface area contributed by atoms with Gasteiger partial charge in [-0.3, -0.25) is 4.79 Å². The minimum atomic E-state index is -1.29. The molecule has 82 valence electrons. The van der Waals surface area contributed by atoms with Gasteiger partial charge in [0.15, 0.2) is 23.7 Å². The van der Waals surface area contributed by atoms with Crippen molar-refractivity contribution < 1.29 is 18.0 Å². The summed E-state index contributed by atoms with van der Waals surface area (Å²) in [6.07, 6.45) is 1.50. The van der Waals surface area contributed by atoms with Gasteiger partial charge in [-0.2, -0.15) is 0 Å². The monoisotopic (exact) mass is 227 g/mol. The summed E-state index contributed by atoms with van der Waals surface area (Å²) in [5.41, 5.74) is -0.358. The Balaban J connectivity index is 2.55. The van der Waals surface area contributed by atoms with E-state index < -0.39 is 17.5 Å². The summed E-state index contributed by atoms with van der Waals surface area (Å²) in [4.78, 5) is 10.3. The molecule has 0 aliphatic carbocycles. The number of aromatic nitrogens is 3. The van der Waals surface area contributed by atoms with Gasteiger partial charge in [-0.15, -0.1) is 5.10 Å². The number of carbonyl (C=O) groups is 1. The lowest BCUT2D eigenvalue weighted by Gasteiger charge is -2.02. The molecule has 0 N–H and O–H groups in total. The van der Waals surface area contributed by atoms with E-state index in [-0.39, 0.29) is 11.4 Å². The summed E-state index contributed by atoms with van der Waals surface area (Å²) >= 11 is 0. The lowest BCUT2D eigenvalue weighted by molar-refractivity contribution is 0.111. The van der Waals surface area contributed by atoms with Gasteiger partial charge in [0.2, 0.25) is 0 Å². The van der Waals surface area contributed by atoms with Crippen LogP contribution < -0.4 is 0 Å². The highest BCUT2D eigenvalue weighted by Crippen LogP contribution is 2.16. The Bertz CT molecular complexity index is 553. The fourth-order valence-electron chi connectivity index (χ4n) is 1.14. The van der Waals surface area contributed by atoms with Crippen LogP contribution >= 0.6 is 0 Å². The first-order valence-electron chi connectivity index (χ1n) is 4.14. The first-order chi connectivity index (χ1) is 7.61. The molecule has 0 aliphatic rings. The first-order valence-corrected chi connectivity index (χ1v) is 4.14. The Kier molecular flexibility index (Phi) is 2.43. The molecule has 0 atom stereocenters. The third kappa shape index (κ3) is 1.67. The number of carbonyl (C=O) groups excluding carboxylic acids is 1. The largest absolute Gasteiger partial charge is 0.296 e. The van der Waals surface area contributed by atoms with E-state index in [1.165, 1.54) is 0 Å². The number of hydrogen-bond acceptors (Lipinski definition) is 3. The van der Waals surface area contributed by atoms with Crippen LogP contribution in [-0.4, -0.2) is 21.3 Å². The molecule has 16 heavy (non-hydrogen) atoms. The molecule has 7 heteroatoms. The van der Waals surface area contributed by atoms with E-state index in [1.54, 1.807) is 0 Å². The summed E-state index contributed by atoms with van der Waals surface area (Å²) in [7, 11) is 0. The standard InChI is InChI=1S/C9H4F3N3O/c10-6-1-8(12)9(2-7(6)11)15-3-5(4-16)13-14-15/h1-4H. The van der Waals surface area contributed by atoms with Crippen LogP contribution in [0.25, 0.3) is 5.69 Å². The SMILES string of the molecule is O=Cc1cn(-c2cc(F)c(F)cc2F)nn1. The zero-order valence-corrected chi connectivity index (χ0v) is 7.69. The van der Waals surface area contributed by atoms with Crippen molar-refractivity contribution in [2.24, 2.45) is 0 Å². The second-order valence-corrected chi connectivity index (χ2v) is 2.92. The quantitative estimate of drug-likeness (QED) is 0.577. The van der Waals surface area contributed by atoms with Crippen molar-refractivity contribution in [2.75, 3.05) is 0 Å². The molecule has 0 saturated carbocycles. The lowest BCUT2D eigenvalue weighted by Crippen LogP contribution is -2.01. The van der Waals surface area contributed by atoms with Crippen molar-refractivity contribution >= 4 is 6.29 Å². The van der Waals surface area contributed by atoms with Crippen LogP contribution in [-0.2, 0) is 0 Å². The van der Waals surface area contributed by atoms with Crippen LogP contribution in [0.1, 0.15) is 10.5 Å². The van der Waals surface area contributed by atoms with Crippen LogP contribution in [0.4, 0.5) is 13.2 Å². The predicted molar refractivity (Wildman–Crippen MR) is 46.6 cm³/mol. The zero-order valence-electron chi connectivity index (χ0n) is 7.69. The second kappa shape index (κ2) is 3.76. The van der Waals surface area contributed by atoms with Crippen LogP contribution in [0.3, 0.4) is 0 Å². The second-order valence-electron chi connectivity index (χ2n) is 2.92. The molecule has 0 amide bonds. The molecular weight excluding hydrogens is 223 g/mol. The predicted octanol–water partition coefficient (Wildman–Crippen LogP) is 1.50. The number of aldehydes is 1. The molecule has 2 rings (SSSR count). The molecule has 0 radical (unpaired) electrons. The van der Waals surface area contributed by atoms with Gasteiger partial charge in [-0.25, -0.2) is 17.9 Å². The van der Waals surface area contributed by atoms with Crippen LogP contribution in [0.15, 0.2) is 18.3 Å². The summed E-state index contributed by atoms with van der Waals surface area (Å²) < 4.78 is 39.6. The van der Waals surface area contributed by atoms with E-state index in [2.05, 4.69) is 10.3 Å². The number of halogens is 3. The van der Waals surface area contributed by atoms with Gasteiger partial charge in [0.25, 0.3) is 0 Å². The van der Waals surface area contributed by atoms with Crippen molar-refractivity contribution in [1.29, 1.82) is 0 Å². The Morgan fingerprint density at radius 1 is 1.12 bits per heavy atom. The minimum Gasteiger partial charge on any atom is -0.296 e. The summed E-state index contributed by atoms with van der Waals surface area (Å²) in [6.45, 7) is 0. The van der Waals surface area contributed by atoms with E-state index in [1.807, 2.05) is 0 Å². The van der Waals surface area contributed by atoms with Crippen LogP contribution in [0, 0.1) is 17.5 Å². The number of nitrogens with zero attached hydrogens (tertiary/aromatic N) is 3. The molecule has 0 unspecified atom stereocenters. The van der Waals surface area contributed by atoms with Gasteiger partial charge < -0.3 is 0 Å². The zero-order chi connectivity index (χ0) is 11.7. The topological polar surface area (TPSA) is 47.8 Å². The summed E-state index contributed by atoms with van der Waals surface area (Å²) in [6, 6.07) is 1.03. The molecule has 0 aliphatic heterocycles. The Morgan fingerprint density at radius 3 is 2.44 bits per heavy atom. The molecular formula is C9H4F3N3O. The van der Waals surface area contributed by atoms with Gasteiger partial charge in [0, 0.05) is 12.1 Å².